The van der Waals surface area contributed by atoms with Crippen molar-refractivity contribution in [2.45, 2.75) is 44.7 Å². The Morgan fingerprint density at radius 2 is 1.94 bits per heavy atom. The van der Waals surface area contributed by atoms with Gasteiger partial charge in [-0.15, -0.1) is 0 Å². The lowest BCUT2D eigenvalue weighted by molar-refractivity contribution is -0.129. The average molecular weight is 462 g/mol. The molecule has 0 spiro atoms. The average Bonchev–Trinajstić information content (AvgIpc) is 2.78. The fourth-order valence-electron chi connectivity index (χ4n) is 3.29. The Kier molecular flexibility index (Phi) is 10.6. The fourth-order valence-corrected chi connectivity index (χ4v) is 3.29. The Morgan fingerprint density at radius 3 is 2.70 bits per heavy atom. The summed E-state index contributed by atoms with van der Waals surface area (Å²) < 4.78 is 5.75. The molecule has 4 N–H and O–H groups in total. The number of fused-ring (bicyclic) bond motifs is 1. The highest BCUT2D eigenvalue weighted by molar-refractivity contribution is 5.99. The molecular formula is C23H35N5O5. The van der Waals surface area contributed by atoms with Crippen LogP contribution in [-0.4, -0.2) is 80.9 Å². The molecule has 2 rings (SSSR count). The summed E-state index contributed by atoms with van der Waals surface area (Å²) in [7, 11) is 3.90. The van der Waals surface area contributed by atoms with Crippen LogP contribution in [0.1, 0.15) is 43.0 Å². The SMILES string of the molecule is C[C@@H]1NC(=O)CC[C@@H](C(=O)NCCCN(C)C)NC(=O)c2ccccc2OCCCNC1=O. The van der Waals surface area contributed by atoms with Gasteiger partial charge < -0.3 is 30.9 Å². The molecule has 0 fully saturated rings. The van der Waals surface area contributed by atoms with E-state index >= 15 is 0 Å². The second-order valence-electron chi connectivity index (χ2n) is 8.29. The number of ether oxygens (including phenoxy) is 1. The molecule has 0 bridgehead atoms. The molecule has 1 aliphatic rings. The van der Waals surface area contributed by atoms with Crippen LogP contribution in [0, 0.1) is 0 Å². The van der Waals surface area contributed by atoms with E-state index in [1.165, 1.54) is 0 Å². The first-order valence-corrected chi connectivity index (χ1v) is 11.3. The van der Waals surface area contributed by atoms with Gasteiger partial charge in [-0.1, -0.05) is 12.1 Å². The third kappa shape index (κ3) is 9.09. The lowest BCUT2D eigenvalue weighted by Crippen LogP contribution is -2.49. The molecule has 182 valence electrons. The number of rotatable bonds is 5. The molecule has 1 aromatic carbocycles. The van der Waals surface area contributed by atoms with Crippen molar-refractivity contribution < 1.29 is 23.9 Å². The van der Waals surface area contributed by atoms with Crippen LogP contribution in [0.3, 0.4) is 0 Å². The zero-order valence-electron chi connectivity index (χ0n) is 19.6. The number of hydrogen-bond donors (Lipinski definition) is 4. The summed E-state index contributed by atoms with van der Waals surface area (Å²) in [6.07, 6.45) is 1.35. The topological polar surface area (TPSA) is 129 Å². The maximum Gasteiger partial charge on any atom is 0.255 e. The summed E-state index contributed by atoms with van der Waals surface area (Å²) in [4.78, 5) is 52.3. The van der Waals surface area contributed by atoms with E-state index in [9.17, 15) is 19.2 Å². The van der Waals surface area contributed by atoms with Gasteiger partial charge >= 0.3 is 0 Å². The number of nitrogens with zero attached hydrogens (tertiary/aromatic N) is 1. The standard InChI is InChI=1S/C23H35N5O5/c1-16-21(30)24-13-7-15-33-19-9-5-4-8-17(19)22(31)27-18(10-11-20(29)26-16)23(32)25-12-6-14-28(2)3/h4-5,8-9,16,18H,6-7,10-15H2,1-3H3,(H,24,30)(H,25,32)(H,26,29)(H,27,31)/t16-,18-/m0/s1. The molecule has 10 heteroatoms. The number of carbonyl (C=O) groups excluding carboxylic acids is 4. The number of benzene rings is 1. The molecule has 0 saturated heterocycles. The third-order valence-electron chi connectivity index (χ3n) is 5.14. The monoisotopic (exact) mass is 461 g/mol. The quantitative estimate of drug-likeness (QED) is 0.458. The molecule has 0 aromatic heterocycles. The van der Waals surface area contributed by atoms with Gasteiger partial charge in [0.05, 0.1) is 12.2 Å². The summed E-state index contributed by atoms with van der Waals surface area (Å²) in [6.45, 7) is 3.53. The van der Waals surface area contributed by atoms with E-state index in [4.69, 9.17) is 4.74 Å². The highest BCUT2D eigenvalue weighted by atomic mass is 16.5. The zero-order chi connectivity index (χ0) is 24.2. The number of hydrogen-bond acceptors (Lipinski definition) is 6. The van der Waals surface area contributed by atoms with Gasteiger partial charge in [0, 0.05) is 19.5 Å². The van der Waals surface area contributed by atoms with Crippen molar-refractivity contribution in [3.63, 3.8) is 0 Å². The Hall–Kier alpha value is -3.14. The van der Waals surface area contributed by atoms with Gasteiger partial charge in [-0.05, 0) is 59.0 Å². The van der Waals surface area contributed by atoms with Crippen LogP contribution in [0.4, 0.5) is 0 Å². The van der Waals surface area contributed by atoms with Crippen molar-refractivity contribution in [3.8, 4) is 5.75 Å². The minimum atomic E-state index is -0.910. The van der Waals surface area contributed by atoms with E-state index in [2.05, 4.69) is 21.3 Å². The van der Waals surface area contributed by atoms with Crippen molar-refractivity contribution in [1.82, 2.24) is 26.2 Å². The fraction of sp³-hybridized carbons (Fsp3) is 0.565. The Balaban J connectivity index is 2.16. The largest absolute Gasteiger partial charge is 0.493 e. The van der Waals surface area contributed by atoms with Crippen molar-refractivity contribution in [2.75, 3.05) is 40.3 Å². The zero-order valence-corrected chi connectivity index (χ0v) is 19.6. The molecule has 4 amide bonds. The van der Waals surface area contributed by atoms with Crippen molar-refractivity contribution in [1.29, 1.82) is 0 Å². The van der Waals surface area contributed by atoms with Gasteiger partial charge in [0.2, 0.25) is 17.7 Å². The Labute approximate surface area is 194 Å². The van der Waals surface area contributed by atoms with Crippen LogP contribution >= 0.6 is 0 Å². The minimum Gasteiger partial charge on any atom is -0.493 e. The predicted molar refractivity (Wildman–Crippen MR) is 124 cm³/mol. The first kappa shape index (κ1) is 26.1. The van der Waals surface area contributed by atoms with Crippen LogP contribution in [0.25, 0.3) is 0 Å². The molecule has 1 aromatic rings. The van der Waals surface area contributed by atoms with Gasteiger partial charge in [-0.3, -0.25) is 19.2 Å². The molecule has 1 aliphatic heterocycles. The predicted octanol–water partition coefficient (Wildman–Crippen LogP) is 0.0365. The summed E-state index contributed by atoms with van der Waals surface area (Å²) in [6, 6.07) is 5.16. The first-order valence-electron chi connectivity index (χ1n) is 11.3. The van der Waals surface area contributed by atoms with E-state index in [1.807, 2.05) is 19.0 Å². The second kappa shape index (κ2) is 13.4. The molecule has 10 nitrogen and oxygen atoms in total. The van der Waals surface area contributed by atoms with Gasteiger partial charge in [-0.2, -0.15) is 0 Å². The van der Waals surface area contributed by atoms with Gasteiger partial charge in [0.15, 0.2) is 0 Å². The molecule has 0 radical (unpaired) electrons. The molecule has 0 saturated carbocycles. The van der Waals surface area contributed by atoms with Crippen LogP contribution < -0.4 is 26.0 Å². The summed E-state index contributed by atoms with van der Waals surface area (Å²) in [5.74, 6) is -1.08. The molecule has 0 unspecified atom stereocenters. The molecule has 2 atom stereocenters. The smallest absolute Gasteiger partial charge is 0.255 e. The number of para-hydroxylation sites is 1. The molecule has 33 heavy (non-hydrogen) atoms. The van der Waals surface area contributed by atoms with E-state index < -0.39 is 18.0 Å². The number of nitrogens with one attached hydrogen (secondary N) is 4. The number of amides is 4. The van der Waals surface area contributed by atoms with Crippen LogP contribution in [-0.2, 0) is 14.4 Å². The van der Waals surface area contributed by atoms with Crippen LogP contribution in [0.5, 0.6) is 5.75 Å². The normalized spacial score (nSPS) is 20.7. The van der Waals surface area contributed by atoms with E-state index in [1.54, 1.807) is 31.2 Å². The lowest BCUT2D eigenvalue weighted by Gasteiger charge is -2.21. The van der Waals surface area contributed by atoms with Gasteiger partial charge in [0.25, 0.3) is 5.91 Å². The second-order valence-corrected chi connectivity index (χ2v) is 8.29. The van der Waals surface area contributed by atoms with Crippen molar-refractivity contribution in [3.05, 3.63) is 29.8 Å². The van der Waals surface area contributed by atoms with Crippen LogP contribution in [0.2, 0.25) is 0 Å². The van der Waals surface area contributed by atoms with Gasteiger partial charge in [0.1, 0.15) is 17.8 Å². The summed E-state index contributed by atoms with van der Waals surface area (Å²) in [5.41, 5.74) is 0.303. The Bertz CT molecular complexity index is 829. The Morgan fingerprint density at radius 1 is 1.18 bits per heavy atom. The maximum atomic E-state index is 13.0. The summed E-state index contributed by atoms with van der Waals surface area (Å²) in [5, 5.41) is 11.0. The summed E-state index contributed by atoms with van der Waals surface area (Å²) >= 11 is 0. The van der Waals surface area contributed by atoms with Crippen molar-refractivity contribution in [2.24, 2.45) is 0 Å². The highest BCUT2D eigenvalue weighted by Crippen LogP contribution is 2.18. The maximum absolute atomic E-state index is 13.0. The van der Waals surface area contributed by atoms with Crippen LogP contribution in [0.15, 0.2) is 24.3 Å². The van der Waals surface area contributed by atoms with E-state index in [-0.39, 0.29) is 30.6 Å². The first-order chi connectivity index (χ1) is 15.8. The highest BCUT2D eigenvalue weighted by Gasteiger charge is 2.25. The van der Waals surface area contributed by atoms with E-state index in [0.29, 0.717) is 37.4 Å². The van der Waals surface area contributed by atoms with E-state index in [0.717, 1.165) is 13.0 Å². The third-order valence-corrected chi connectivity index (χ3v) is 5.14. The van der Waals surface area contributed by atoms with Crippen molar-refractivity contribution >= 4 is 23.6 Å². The lowest BCUT2D eigenvalue weighted by atomic mass is 10.1. The molecular weight excluding hydrogens is 426 g/mol. The minimum absolute atomic E-state index is 0.0220. The molecule has 0 aliphatic carbocycles. The van der Waals surface area contributed by atoms with Gasteiger partial charge in [-0.25, -0.2) is 0 Å². The number of carbonyl (C=O) groups is 4. The molecule has 1 heterocycles.